The Labute approximate surface area is 132 Å². The Bertz CT molecular complexity index is 527. The Morgan fingerprint density at radius 1 is 1.36 bits per heavy atom. The van der Waals surface area contributed by atoms with Gasteiger partial charge in [-0.25, -0.2) is 9.97 Å². The van der Waals surface area contributed by atoms with E-state index in [1.54, 1.807) is 6.07 Å². The van der Waals surface area contributed by atoms with Crippen LogP contribution < -0.4 is 10.6 Å². The van der Waals surface area contributed by atoms with E-state index in [-0.39, 0.29) is 11.9 Å². The standard InChI is InChI=1S/C17H26N4O/c1-3-13(2)21-17(22)15-11-16(20-12-19-15)18-10-9-14-7-5-4-6-8-14/h7,11-13H,3-6,8-10H2,1-2H3,(H,21,22)(H,18,19,20). The molecule has 22 heavy (non-hydrogen) atoms. The summed E-state index contributed by atoms with van der Waals surface area (Å²) in [6.45, 7) is 4.86. The van der Waals surface area contributed by atoms with Gasteiger partial charge in [0, 0.05) is 18.7 Å². The first-order valence-corrected chi connectivity index (χ1v) is 8.23. The maximum absolute atomic E-state index is 12.0. The zero-order chi connectivity index (χ0) is 15.8. The third-order valence-electron chi connectivity index (χ3n) is 4.03. The lowest BCUT2D eigenvalue weighted by atomic mass is 9.97. The number of rotatable bonds is 7. The lowest BCUT2D eigenvalue weighted by molar-refractivity contribution is 0.0934. The maximum atomic E-state index is 12.0. The van der Waals surface area contributed by atoms with Crippen molar-refractivity contribution in [3.8, 4) is 0 Å². The first kappa shape index (κ1) is 16.5. The molecule has 2 N–H and O–H groups in total. The van der Waals surface area contributed by atoms with Crippen molar-refractivity contribution >= 4 is 11.7 Å². The van der Waals surface area contributed by atoms with Gasteiger partial charge in [-0.2, -0.15) is 0 Å². The lowest BCUT2D eigenvalue weighted by Crippen LogP contribution is -2.32. The number of aromatic nitrogens is 2. The zero-order valence-corrected chi connectivity index (χ0v) is 13.6. The van der Waals surface area contributed by atoms with Gasteiger partial charge in [-0.3, -0.25) is 4.79 Å². The number of hydrogen-bond donors (Lipinski definition) is 2. The molecular formula is C17H26N4O. The molecule has 0 fully saturated rings. The molecule has 0 bridgehead atoms. The van der Waals surface area contributed by atoms with Crippen molar-refractivity contribution in [2.24, 2.45) is 0 Å². The van der Waals surface area contributed by atoms with E-state index in [0.29, 0.717) is 11.5 Å². The SMILES string of the molecule is CCC(C)NC(=O)c1cc(NCCC2=CCCCC2)ncn1. The molecule has 0 saturated carbocycles. The second-order valence-corrected chi connectivity index (χ2v) is 5.86. The van der Waals surface area contributed by atoms with Crippen LogP contribution in [0.4, 0.5) is 5.82 Å². The number of hydrogen-bond acceptors (Lipinski definition) is 4. The fourth-order valence-electron chi connectivity index (χ4n) is 2.46. The van der Waals surface area contributed by atoms with E-state index in [9.17, 15) is 4.79 Å². The van der Waals surface area contributed by atoms with Crippen LogP contribution in [0.5, 0.6) is 0 Å². The highest BCUT2D eigenvalue weighted by molar-refractivity contribution is 5.93. The Morgan fingerprint density at radius 2 is 2.23 bits per heavy atom. The molecule has 0 aliphatic heterocycles. The summed E-state index contributed by atoms with van der Waals surface area (Å²) in [5.74, 6) is 0.565. The average Bonchev–Trinajstić information content (AvgIpc) is 2.56. The second kappa shape index (κ2) is 8.51. The van der Waals surface area contributed by atoms with Crippen LogP contribution in [0.1, 0.15) is 62.9 Å². The number of carbonyl (C=O) groups excluding carboxylic acids is 1. The van der Waals surface area contributed by atoms with Gasteiger partial charge in [-0.05, 0) is 45.4 Å². The monoisotopic (exact) mass is 302 g/mol. The number of allylic oxidation sites excluding steroid dienone is 1. The normalized spacial score (nSPS) is 15.8. The highest BCUT2D eigenvalue weighted by Crippen LogP contribution is 2.19. The van der Waals surface area contributed by atoms with E-state index in [0.717, 1.165) is 19.4 Å². The van der Waals surface area contributed by atoms with Gasteiger partial charge in [0.25, 0.3) is 5.91 Å². The average molecular weight is 302 g/mol. The van der Waals surface area contributed by atoms with Crippen LogP contribution in [0.25, 0.3) is 0 Å². The minimum Gasteiger partial charge on any atom is -0.370 e. The summed E-state index contributed by atoms with van der Waals surface area (Å²) >= 11 is 0. The number of nitrogens with one attached hydrogen (secondary N) is 2. The molecule has 1 aromatic rings. The first-order valence-electron chi connectivity index (χ1n) is 8.23. The van der Waals surface area contributed by atoms with Gasteiger partial charge >= 0.3 is 0 Å². The van der Waals surface area contributed by atoms with Crippen LogP contribution in [0.15, 0.2) is 24.0 Å². The Kier molecular flexibility index (Phi) is 6.37. The van der Waals surface area contributed by atoms with Crippen LogP contribution in [-0.4, -0.2) is 28.5 Å². The third-order valence-corrected chi connectivity index (χ3v) is 4.03. The molecule has 120 valence electrons. The molecule has 2 rings (SSSR count). The van der Waals surface area contributed by atoms with E-state index in [1.165, 1.54) is 37.6 Å². The quantitative estimate of drug-likeness (QED) is 0.758. The van der Waals surface area contributed by atoms with E-state index >= 15 is 0 Å². The summed E-state index contributed by atoms with van der Waals surface area (Å²) in [6, 6.07) is 1.87. The summed E-state index contributed by atoms with van der Waals surface area (Å²) < 4.78 is 0. The molecule has 1 amide bonds. The van der Waals surface area contributed by atoms with E-state index in [4.69, 9.17) is 0 Å². The van der Waals surface area contributed by atoms with E-state index in [1.807, 2.05) is 13.8 Å². The fraction of sp³-hybridized carbons (Fsp3) is 0.588. The third kappa shape index (κ3) is 5.13. The minimum absolute atomic E-state index is 0.144. The Hall–Kier alpha value is -1.91. The van der Waals surface area contributed by atoms with Gasteiger partial charge in [-0.15, -0.1) is 0 Å². The fourth-order valence-corrected chi connectivity index (χ4v) is 2.46. The number of nitrogens with zero attached hydrogens (tertiary/aromatic N) is 2. The van der Waals surface area contributed by atoms with Gasteiger partial charge in [0.15, 0.2) is 0 Å². The van der Waals surface area contributed by atoms with E-state index < -0.39 is 0 Å². The highest BCUT2D eigenvalue weighted by Gasteiger charge is 2.11. The molecule has 1 atom stereocenters. The second-order valence-electron chi connectivity index (χ2n) is 5.86. The molecule has 1 aromatic heterocycles. The summed E-state index contributed by atoms with van der Waals surface area (Å²) in [4.78, 5) is 20.3. The van der Waals surface area contributed by atoms with Crippen LogP contribution in [0.3, 0.4) is 0 Å². The van der Waals surface area contributed by atoms with Crippen LogP contribution >= 0.6 is 0 Å². The lowest BCUT2D eigenvalue weighted by Gasteiger charge is -2.13. The molecule has 1 aliphatic carbocycles. The van der Waals surface area contributed by atoms with Crippen molar-refractivity contribution in [3.05, 3.63) is 29.7 Å². The molecule has 1 unspecified atom stereocenters. The largest absolute Gasteiger partial charge is 0.370 e. The summed E-state index contributed by atoms with van der Waals surface area (Å²) in [7, 11) is 0. The van der Waals surface area contributed by atoms with Crippen LogP contribution in [0, 0.1) is 0 Å². The first-order chi connectivity index (χ1) is 10.7. The van der Waals surface area contributed by atoms with Gasteiger partial charge in [0.05, 0.1) is 0 Å². The minimum atomic E-state index is -0.144. The molecular weight excluding hydrogens is 276 g/mol. The van der Waals surface area contributed by atoms with Crippen molar-refractivity contribution in [1.82, 2.24) is 15.3 Å². The van der Waals surface area contributed by atoms with Gasteiger partial charge in [0.2, 0.25) is 0 Å². The van der Waals surface area contributed by atoms with Crippen molar-refractivity contribution in [2.75, 3.05) is 11.9 Å². The number of anilines is 1. The summed E-state index contributed by atoms with van der Waals surface area (Å²) in [6.07, 6.45) is 10.8. The topological polar surface area (TPSA) is 66.9 Å². The molecule has 5 heteroatoms. The predicted molar refractivity (Wildman–Crippen MR) is 88.9 cm³/mol. The van der Waals surface area contributed by atoms with Gasteiger partial charge in [-0.1, -0.05) is 18.6 Å². The Balaban J connectivity index is 1.85. The molecule has 1 aliphatic rings. The van der Waals surface area contributed by atoms with Crippen molar-refractivity contribution < 1.29 is 4.79 Å². The summed E-state index contributed by atoms with van der Waals surface area (Å²) in [5, 5.41) is 6.20. The molecule has 0 spiro atoms. The van der Waals surface area contributed by atoms with Gasteiger partial charge in [0.1, 0.15) is 17.8 Å². The molecule has 5 nitrogen and oxygen atoms in total. The Morgan fingerprint density at radius 3 is 2.95 bits per heavy atom. The van der Waals surface area contributed by atoms with Crippen LogP contribution in [0.2, 0.25) is 0 Å². The molecule has 0 aromatic carbocycles. The summed E-state index contributed by atoms with van der Waals surface area (Å²) in [5.41, 5.74) is 1.94. The molecule has 0 saturated heterocycles. The van der Waals surface area contributed by atoms with Crippen LogP contribution in [-0.2, 0) is 0 Å². The van der Waals surface area contributed by atoms with Crippen molar-refractivity contribution in [3.63, 3.8) is 0 Å². The van der Waals surface area contributed by atoms with Crippen molar-refractivity contribution in [1.29, 1.82) is 0 Å². The van der Waals surface area contributed by atoms with E-state index in [2.05, 4.69) is 26.7 Å². The number of amides is 1. The number of carbonyl (C=O) groups is 1. The molecule has 0 radical (unpaired) electrons. The van der Waals surface area contributed by atoms with Crippen molar-refractivity contribution in [2.45, 2.75) is 58.4 Å². The zero-order valence-electron chi connectivity index (χ0n) is 13.6. The molecule has 1 heterocycles. The maximum Gasteiger partial charge on any atom is 0.270 e. The van der Waals surface area contributed by atoms with Gasteiger partial charge < -0.3 is 10.6 Å². The highest BCUT2D eigenvalue weighted by atomic mass is 16.1. The smallest absolute Gasteiger partial charge is 0.270 e. The predicted octanol–water partition coefficient (Wildman–Crippen LogP) is 3.31.